The SMILES string of the molecule is C.C.CC(C)(C)c1cc(-c2c3cc4c(cc3c(-c3cc(C(C)(C)C)cc(C(C)(C)C)c3)c3c5ccc(B6OC(C)(C)C(C)(C)O6)c6cccc(c23)c65)c2cccc3cccc4c32)cc(C(C)(C)C)c1. The van der Waals surface area contributed by atoms with E-state index in [1.54, 1.807) is 0 Å². The van der Waals surface area contributed by atoms with Crippen molar-refractivity contribution >= 4 is 88.0 Å². The Labute approximate surface area is 413 Å². The molecular weight excluding hydrogens is 836 g/mol. The lowest BCUT2D eigenvalue weighted by molar-refractivity contribution is 0.00578. The van der Waals surface area contributed by atoms with E-state index in [2.05, 4.69) is 226 Å². The Morgan fingerprint density at radius 3 is 1.12 bits per heavy atom. The maximum Gasteiger partial charge on any atom is 0.495 e. The summed E-state index contributed by atoms with van der Waals surface area (Å²) in [5.74, 6) is 0. The topological polar surface area (TPSA) is 18.5 Å². The Bertz CT molecular complexity index is 3400. The standard InChI is InChI=1S/C64H67BO2.2CH4/c1-59(2,3)39-28-37(29-40(32-39)60(4,5)6)54-50-34-48-43-22-17-20-36-21-18-23-44(53(36)43)49(48)35-51(50)55(38-30-41(61(7,8)9)33-42(31-38)62(10,11)12)58-47-26-27-52(65-66-63(13,14)64(15,16)67-65)45-24-19-25-46(56(45)47)57(54)58;;/h17-35H,1-16H3;2*1H4. The van der Waals surface area contributed by atoms with Crippen molar-refractivity contribution < 1.29 is 9.31 Å². The summed E-state index contributed by atoms with van der Waals surface area (Å²) < 4.78 is 13.7. The van der Waals surface area contributed by atoms with Crippen LogP contribution < -0.4 is 5.46 Å². The van der Waals surface area contributed by atoms with Crippen LogP contribution in [0.5, 0.6) is 0 Å². The zero-order valence-electron chi connectivity index (χ0n) is 42.9. The molecule has 0 aromatic heterocycles. The molecule has 0 spiro atoms. The molecule has 11 rings (SSSR count). The maximum absolute atomic E-state index is 6.84. The van der Waals surface area contributed by atoms with Gasteiger partial charge in [0.25, 0.3) is 0 Å². The minimum absolute atomic E-state index is 0. The highest BCUT2D eigenvalue weighted by Gasteiger charge is 2.52. The van der Waals surface area contributed by atoms with Gasteiger partial charge in [0.05, 0.1) is 11.2 Å². The van der Waals surface area contributed by atoms with Gasteiger partial charge in [-0.2, -0.15) is 0 Å². The van der Waals surface area contributed by atoms with Crippen molar-refractivity contribution in [2.45, 2.75) is 158 Å². The third kappa shape index (κ3) is 7.35. The fraction of sp³-hybridized carbons (Fsp3) is 0.364. The predicted octanol–water partition coefficient (Wildman–Crippen LogP) is 18.7. The summed E-state index contributed by atoms with van der Waals surface area (Å²) in [7, 11) is -0.489. The molecule has 1 heterocycles. The van der Waals surface area contributed by atoms with Crippen molar-refractivity contribution in [3.8, 4) is 22.3 Å². The lowest BCUT2D eigenvalue weighted by Crippen LogP contribution is -2.41. The van der Waals surface area contributed by atoms with Gasteiger partial charge in [-0.05, 0) is 187 Å². The molecule has 10 aromatic carbocycles. The first-order valence-corrected chi connectivity index (χ1v) is 24.7. The summed E-state index contributed by atoms with van der Waals surface area (Å²) >= 11 is 0. The van der Waals surface area contributed by atoms with E-state index in [1.807, 2.05) is 0 Å². The van der Waals surface area contributed by atoms with Gasteiger partial charge in [0.15, 0.2) is 0 Å². The van der Waals surface area contributed by atoms with E-state index in [-0.39, 0.29) is 36.5 Å². The first-order valence-electron chi connectivity index (χ1n) is 24.7. The Kier molecular flexibility index (Phi) is 10.9. The van der Waals surface area contributed by atoms with Crippen LogP contribution in [0.2, 0.25) is 0 Å². The van der Waals surface area contributed by atoms with E-state index in [0.717, 1.165) is 5.46 Å². The van der Waals surface area contributed by atoms with Gasteiger partial charge in [-0.3, -0.25) is 0 Å². The van der Waals surface area contributed by atoms with Crippen LogP contribution >= 0.6 is 0 Å². The summed E-state index contributed by atoms with van der Waals surface area (Å²) in [6, 6.07) is 45.5. The predicted molar refractivity (Wildman–Crippen MR) is 306 cm³/mol. The molecule has 354 valence electrons. The molecule has 2 nitrogen and oxygen atoms in total. The summed E-state index contributed by atoms with van der Waals surface area (Å²) in [4.78, 5) is 0. The second kappa shape index (κ2) is 15.5. The van der Waals surface area contributed by atoms with Crippen molar-refractivity contribution in [2.75, 3.05) is 0 Å². The van der Waals surface area contributed by atoms with Crippen LogP contribution in [-0.2, 0) is 31.0 Å². The van der Waals surface area contributed by atoms with Gasteiger partial charge in [-0.25, -0.2) is 0 Å². The Morgan fingerprint density at radius 2 is 0.710 bits per heavy atom. The minimum Gasteiger partial charge on any atom is -0.399 e. The summed E-state index contributed by atoms with van der Waals surface area (Å²) in [5.41, 5.74) is 10.5. The van der Waals surface area contributed by atoms with Crippen LogP contribution in [0.1, 0.15) is 148 Å². The number of hydrogen-bond donors (Lipinski definition) is 0. The molecule has 0 saturated carbocycles. The average Bonchev–Trinajstić information content (AvgIpc) is 3.82. The zero-order valence-corrected chi connectivity index (χ0v) is 42.9. The molecular formula is C66H75BO2. The highest BCUT2D eigenvalue weighted by Crippen LogP contribution is 2.54. The van der Waals surface area contributed by atoms with Crippen molar-refractivity contribution in [3.63, 3.8) is 0 Å². The molecule has 3 heteroatoms. The monoisotopic (exact) mass is 911 g/mol. The van der Waals surface area contributed by atoms with Crippen LogP contribution in [0.4, 0.5) is 0 Å². The highest BCUT2D eigenvalue weighted by molar-refractivity contribution is 6.66. The third-order valence-corrected chi connectivity index (χ3v) is 16.0. The van der Waals surface area contributed by atoms with Crippen LogP contribution in [0.15, 0.2) is 115 Å². The summed E-state index contributed by atoms with van der Waals surface area (Å²) in [6.45, 7) is 36.9. The van der Waals surface area contributed by atoms with E-state index >= 15 is 0 Å². The largest absolute Gasteiger partial charge is 0.495 e. The molecule has 0 aliphatic carbocycles. The number of fused-ring (bicyclic) bond motifs is 7. The Balaban J connectivity index is 0.00000296. The second-order valence-electron chi connectivity index (χ2n) is 25.3. The molecule has 1 fully saturated rings. The second-order valence-corrected chi connectivity index (χ2v) is 25.3. The van der Waals surface area contributed by atoms with Gasteiger partial charge in [0.1, 0.15) is 0 Å². The average molecular weight is 911 g/mol. The summed E-state index contributed by atoms with van der Waals surface area (Å²) in [6.07, 6.45) is 0. The van der Waals surface area contributed by atoms with E-state index in [9.17, 15) is 0 Å². The molecule has 10 aromatic rings. The molecule has 0 unspecified atom stereocenters. The fourth-order valence-corrected chi connectivity index (χ4v) is 11.2. The highest BCUT2D eigenvalue weighted by atomic mass is 16.7. The first kappa shape index (κ1) is 48.5. The van der Waals surface area contributed by atoms with Crippen LogP contribution in [0.25, 0.3) is 97.7 Å². The fourth-order valence-electron chi connectivity index (χ4n) is 11.2. The van der Waals surface area contributed by atoms with Gasteiger partial charge in [-0.15, -0.1) is 0 Å². The third-order valence-electron chi connectivity index (χ3n) is 16.0. The number of benzene rings is 8. The quantitative estimate of drug-likeness (QED) is 0.164. The molecule has 0 amide bonds. The molecule has 1 saturated heterocycles. The maximum atomic E-state index is 6.84. The van der Waals surface area contributed by atoms with Crippen molar-refractivity contribution in [2.24, 2.45) is 0 Å². The normalized spacial score (nSPS) is 15.7. The van der Waals surface area contributed by atoms with Crippen LogP contribution in [-0.4, -0.2) is 18.3 Å². The molecule has 69 heavy (non-hydrogen) atoms. The van der Waals surface area contributed by atoms with Crippen LogP contribution in [0, 0.1) is 0 Å². The Morgan fingerprint density at radius 1 is 0.348 bits per heavy atom. The first-order chi connectivity index (χ1) is 31.2. The summed E-state index contributed by atoms with van der Waals surface area (Å²) in [5, 5.41) is 18.1. The minimum atomic E-state index is -0.489. The van der Waals surface area contributed by atoms with Gasteiger partial charge in [0.2, 0.25) is 0 Å². The van der Waals surface area contributed by atoms with Gasteiger partial charge < -0.3 is 9.31 Å². The zero-order chi connectivity index (χ0) is 47.7. The van der Waals surface area contributed by atoms with E-state index in [4.69, 9.17) is 9.31 Å². The van der Waals surface area contributed by atoms with E-state index in [1.165, 1.54) is 120 Å². The number of rotatable bonds is 3. The Hall–Kier alpha value is -5.48. The van der Waals surface area contributed by atoms with Crippen molar-refractivity contribution in [1.82, 2.24) is 0 Å². The molecule has 0 atom stereocenters. The van der Waals surface area contributed by atoms with Gasteiger partial charge >= 0.3 is 7.12 Å². The lowest BCUT2D eigenvalue weighted by Gasteiger charge is -2.32. The van der Waals surface area contributed by atoms with Crippen LogP contribution in [0.3, 0.4) is 0 Å². The molecule has 0 N–H and O–H groups in total. The molecule has 1 aliphatic rings. The molecule has 0 bridgehead atoms. The van der Waals surface area contributed by atoms with Gasteiger partial charge in [-0.1, -0.05) is 201 Å². The molecule has 0 radical (unpaired) electrons. The van der Waals surface area contributed by atoms with Crippen molar-refractivity contribution in [3.05, 3.63) is 138 Å². The smallest absolute Gasteiger partial charge is 0.399 e. The van der Waals surface area contributed by atoms with Gasteiger partial charge in [0, 0.05) is 0 Å². The lowest BCUT2D eigenvalue weighted by atomic mass is 9.75. The van der Waals surface area contributed by atoms with Crippen molar-refractivity contribution in [1.29, 1.82) is 0 Å². The van der Waals surface area contributed by atoms with E-state index in [0.29, 0.717) is 0 Å². The number of hydrogen-bond acceptors (Lipinski definition) is 2. The van der Waals surface area contributed by atoms with E-state index < -0.39 is 18.3 Å². The molecule has 1 aliphatic heterocycles.